The van der Waals surface area contributed by atoms with Gasteiger partial charge in [0.25, 0.3) is 5.91 Å². The van der Waals surface area contributed by atoms with E-state index in [4.69, 9.17) is 9.47 Å². The van der Waals surface area contributed by atoms with Crippen molar-refractivity contribution < 1.29 is 14.3 Å². The van der Waals surface area contributed by atoms with Crippen molar-refractivity contribution in [1.29, 1.82) is 0 Å². The minimum atomic E-state index is -0.0229. The van der Waals surface area contributed by atoms with Crippen molar-refractivity contribution in [3.8, 4) is 5.75 Å². The maximum absolute atomic E-state index is 13.2. The summed E-state index contributed by atoms with van der Waals surface area (Å²) in [7, 11) is 1.66. The fraction of sp³-hybridized carbons (Fsp3) is 0.350. The predicted octanol–water partition coefficient (Wildman–Crippen LogP) is 4.51. The van der Waals surface area contributed by atoms with Crippen LogP contribution < -0.4 is 9.64 Å². The third-order valence-electron chi connectivity index (χ3n) is 4.78. The SMILES string of the molecule is COCc1c(Br)cccc1N1CCOc2cc(C3CC3)ccc2C1=O. The molecular formula is C20H20BrNO3. The Labute approximate surface area is 155 Å². The second kappa shape index (κ2) is 6.81. The zero-order chi connectivity index (χ0) is 17.4. The standard InChI is InChI=1S/C20H20BrNO3/c1-24-12-16-17(21)3-2-4-18(16)22-9-10-25-19-11-14(13-5-6-13)7-8-15(19)20(22)23/h2-4,7-8,11,13H,5-6,9-10,12H2,1H3. The number of nitrogens with zero attached hydrogens (tertiary/aromatic N) is 1. The summed E-state index contributed by atoms with van der Waals surface area (Å²) >= 11 is 3.57. The summed E-state index contributed by atoms with van der Waals surface area (Å²) in [5, 5.41) is 0. The third kappa shape index (κ3) is 3.18. The van der Waals surface area contributed by atoms with Gasteiger partial charge in [0, 0.05) is 17.1 Å². The normalized spacial score (nSPS) is 17.0. The molecule has 0 saturated heterocycles. The maximum atomic E-state index is 13.2. The minimum absolute atomic E-state index is 0.0229. The smallest absolute Gasteiger partial charge is 0.262 e. The highest BCUT2D eigenvalue weighted by atomic mass is 79.9. The molecule has 1 aliphatic heterocycles. The first-order chi connectivity index (χ1) is 12.2. The number of benzene rings is 2. The molecule has 0 N–H and O–H groups in total. The lowest BCUT2D eigenvalue weighted by molar-refractivity contribution is 0.0989. The van der Waals surface area contributed by atoms with Gasteiger partial charge in [-0.15, -0.1) is 0 Å². The Morgan fingerprint density at radius 3 is 2.88 bits per heavy atom. The summed E-state index contributed by atoms with van der Waals surface area (Å²) in [6, 6.07) is 11.9. The highest BCUT2D eigenvalue weighted by Gasteiger charge is 2.29. The topological polar surface area (TPSA) is 38.8 Å². The Morgan fingerprint density at radius 2 is 2.12 bits per heavy atom. The van der Waals surface area contributed by atoms with E-state index in [0.717, 1.165) is 15.7 Å². The zero-order valence-electron chi connectivity index (χ0n) is 14.1. The van der Waals surface area contributed by atoms with Crippen LogP contribution >= 0.6 is 15.9 Å². The van der Waals surface area contributed by atoms with Gasteiger partial charge in [0.05, 0.1) is 24.4 Å². The quantitative estimate of drug-likeness (QED) is 0.756. The first-order valence-electron chi connectivity index (χ1n) is 8.54. The number of fused-ring (bicyclic) bond motifs is 1. The Kier molecular flexibility index (Phi) is 4.52. The van der Waals surface area contributed by atoms with Crippen molar-refractivity contribution in [3.63, 3.8) is 0 Å². The van der Waals surface area contributed by atoms with Gasteiger partial charge in [0.2, 0.25) is 0 Å². The molecule has 1 heterocycles. The number of hydrogen-bond acceptors (Lipinski definition) is 3. The highest BCUT2D eigenvalue weighted by molar-refractivity contribution is 9.10. The summed E-state index contributed by atoms with van der Waals surface area (Å²) in [4.78, 5) is 15.0. The van der Waals surface area contributed by atoms with Crippen LogP contribution in [-0.2, 0) is 11.3 Å². The molecule has 0 bridgehead atoms. The molecule has 5 heteroatoms. The fourth-order valence-corrected chi connectivity index (χ4v) is 3.79. The lowest BCUT2D eigenvalue weighted by atomic mass is 10.1. The third-order valence-corrected chi connectivity index (χ3v) is 5.52. The van der Waals surface area contributed by atoms with Crippen molar-refractivity contribution in [2.24, 2.45) is 0 Å². The second-order valence-corrected chi connectivity index (χ2v) is 7.36. The molecular weight excluding hydrogens is 382 g/mol. The molecule has 2 aromatic carbocycles. The molecule has 0 atom stereocenters. The van der Waals surface area contributed by atoms with Crippen LogP contribution in [0.1, 0.15) is 40.2 Å². The van der Waals surface area contributed by atoms with Crippen LogP contribution in [0, 0.1) is 0 Å². The van der Waals surface area contributed by atoms with Gasteiger partial charge in [0.1, 0.15) is 12.4 Å². The van der Waals surface area contributed by atoms with E-state index in [2.05, 4.69) is 22.0 Å². The van der Waals surface area contributed by atoms with Gasteiger partial charge in [-0.3, -0.25) is 4.79 Å². The van der Waals surface area contributed by atoms with Crippen LogP contribution in [0.3, 0.4) is 0 Å². The highest BCUT2D eigenvalue weighted by Crippen LogP contribution is 2.42. The largest absolute Gasteiger partial charge is 0.491 e. The van der Waals surface area contributed by atoms with Crippen LogP contribution in [0.4, 0.5) is 5.69 Å². The summed E-state index contributed by atoms with van der Waals surface area (Å²) in [6.07, 6.45) is 2.47. The Hall–Kier alpha value is -1.85. The Bertz CT molecular complexity index is 817. The van der Waals surface area contributed by atoms with E-state index < -0.39 is 0 Å². The fourth-order valence-electron chi connectivity index (χ4n) is 3.32. The molecule has 1 fully saturated rings. The number of ether oxygens (including phenoxy) is 2. The maximum Gasteiger partial charge on any atom is 0.262 e. The van der Waals surface area contributed by atoms with Crippen LogP contribution in [0.15, 0.2) is 40.9 Å². The van der Waals surface area contributed by atoms with Crippen molar-refractivity contribution in [2.75, 3.05) is 25.2 Å². The van der Waals surface area contributed by atoms with E-state index in [-0.39, 0.29) is 5.91 Å². The molecule has 1 amide bonds. The minimum Gasteiger partial charge on any atom is -0.491 e. The number of carbonyl (C=O) groups excluding carboxylic acids is 1. The van der Waals surface area contributed by atoms with Crippen molar-refractivity contribution in [3.05, 3.63) is 57.6 Å². The molecule has 0 unspecified atom stereocenters. The van der Waals surface area contributed by atoms with Crippen LogP contribution in [0.25, 0.3) is 0 Å². The first-order valence-corrected chi connectivity index (χ1v) is 9.33. The van der Waals surface area contributed by atoms with E-state index in [1.54, 1.807) is 12.0 Å². The van der Waals surface area contributed by atoms with Gasteiger partial charge in [-0.05, 0) is 48.6 Å². The number of hydrogen-bond donors (Lipinski definition) is 0. The predicted molar refractivity (Wildman–Crippen MR) is 100 cm³/mol. The van der Waals surface area contributed by atoms with Crippen molar-refractivity contribution in [1.82, 2.24) is 0 Å². The molecule has 0 radical (unpaired) electrons. The number of amides is 1. The monoisotopic (exact) mass is 401 g/mol. The van der Waals surface area contributed by atoms with Gasteiger partial charge in [-0.2, -0.15) is 0 Å². The van der Waals surface area contributed by atoms with Gasteiger partial charge in [0.15, 0.2) is 0 Å². The zero-order valence-corrected chi connectivity index (χ0v) is 15.7. The van der Waals surface area contributed by atoms with E-state index >= 15 is 0 Å². The molecule has 130 valence electrons. The number of methoxy groups -OCH3 is 1. The summed E-state index contributed by atoms with van der Waals surface area (Å²) in [5.74, 6) is 1.33. The van der Waals surface area contributed by atoms with E-state index in [1.165, 1.54) is 18.4 Å². The van der Waals surface area contributed by atoms with Gasteiger partial charge >= 0.3 is 0 Å². The van der Waals surface area contributed by atoms with Crippen LogP contribution in [0.2, 0.25) is 0 Å². The molecule has 2 aliphatic rings. The molecule has 4 nitrogen and oxygen atoms in total. The lowest BCUT2D eigenvalue weighted by Gasteiger charge is -2.23. The summed E-state index contributed by atoms with van der Waals surface area (Å²) in [5.41, 5.74) is 3.74. The Balaban J connectivity index is 1.72. The second-order valence-electron chi connectivity index (χ2n) is 6.51. The average Bonchev–Trinajstić information content (AvgIpc) is 3.45. The van der Waals surface area contributed by atoms with Gasteiger partial charge < -0.3 is 14.4 Å². The number of carbonyl (C=O) groups is 1. The number of rotatable bonds is 4. The molecule has 0 spiro atoms. The average molecular weight is 402 g/mol. The molecule has 25 heavy (non-hydrogen) atoms. The number of halogens is 1. The summed E-state index contributed by atoms with van der Waals surface area (Å²) < 4.78 is 12.2. The van der Waals surface area contributed by atoms with Gasteiger partial charge in [-0.1, -0.05) is 28.1 Å². The van der Waals surface area contributed by atoms with E-state index in [9.17, 15) is 4.79 Å². The Morgan fingerprint density at radius 1 is 1.28 bits per heavy atom. The van der Waals surface area contributed by atoms with E-state index in [1.807, 2.05) is 30.3 Å². The lowest BCUT2D eigenvalue weighted by Crippen LogP contribution is -2.33. The van der Waals surface area contributed by atoms with Crippen LogP contribution in [0.5, 0.6) is 5.75 Å². The number of anilines is 1. The molecule has 2 aromatic rings. The van der Waals surface area contributed by atoms with Crippen molar-refractivity contribution >= 4 is 27.5 Å². The molecule has 1 saturated carbocycles. The molecule has 0 aromatic heterocycles. The summed E-state index contributed by atoms with van der Waals surface area (Å²) in [6.45, 7) is 1.43. The first kappa shape index (κ1) is 16.6. The van der Waals surface area contributed by atoms with Crippen molar-refractivity contribution in [2.45, 2.75) is 25.4 Å². The van der Waals surface area contributed by atoms with E-state index in [0.29, 0.717) is 37.0 Å². The van der Waals surface area contributed by atoms with Gasteiger partial charge in [-0.25, -0.2) is 0 Å². The van der Waals surface area contributed by atoms with Crippen LogP contribution in [-0.4, -0.2) is 26.2 Å². The molecule has 4 rings (SSSR count). The molecule has 1 aliphatic carbocycles.